The third kappa shape index (κ3) is 4.44. The van der Waals surface area contributed by atoms with Crippen LogP contribution in [-0.4, -0.2) is 47.9 Å². The molecule has 1 amide bonds. The number of benzene rings is 2. The van der Waals surface area contributed by atoms with Gasteiger partial charge in [-0.2, -0.15) is 0 Å². The van der Waals surface area contributed by atoms with Crippen molar-refractivity contribution in [3.05, 3.63) is 60.2 Å². The first-order chi connectivity index (χ1) is 12.5. The largest absolute Gasteiger partial charge is 0.457 e. The van der Waals surface area contributed by atoms with Crippen LogP contribution in [0.15, 0.2) is 54.6 Å². The van der Waals surface area contributed by atoms with Crippen molar-refractivity contribution in [2.75, 3.05) is 20.1 Å². The zero-order valence-electron chi connectivity index (χ0n) is 15.9. The molecule has 0 spiro atoms. The average molecular weight is 352 g/mol. The SMILES string of the molecule is CC(C)N1CCCC(N(C)C(=O)c2cccc(Oc3ccccc3)c2)C1. The number of para-hydroxylation sites is 1. The number of amides is 1. The van der Waals surface area contributed by atoms with Gasteiger partial charge in [0.1, 0.15) is 11.5 Å². The van der Waals surface area contributed by atoms with Crippen molar-refractivity contribution in [3.63, 3.8) is 0 Å². The molecule has 1 aliphatic rings. The van der Waals surface area contributed by atoms with Gasteiger partial charge in [-0.3, -0.25) is 9.69 Å². The van der Waals surface area contributed by atoms with Gasteiger partial charge in [-0.15, -0.1) is 0 Å². The molecule has 4 nitrogen and oxygen atoms in total. The highest BCUT2D eigenvalue weighted by Gasteiger charge is 2.27. The minimum absolute atomic E-state index is 0.0547. The Bertz CT molecular complexity index is 730. The molecule has 0 aliphatic carbocycles. The number of ether oxygens (including phenoxy) is 1. The fourth-order valence-corrected chi connectivity index (χ4v) is 3.46. The predicted molar refractivity (Wildman–Crippen MR) is 105 cm³/mol. The van der Waals surface area contributed by atoms with E-state index in [0.717, 1.165) is 31.7 Å². The molecule has 2 aromatic rings. The Morgan fingerprint density at radius 2 is 1.85 bits per heavy atom. The molecule has 0 saturated carbocycles. The first-order valence-electron chi connectivity index (χ1n) is 9.39. The Hall–Kier alpha value is -2.33. The van der Waals surface area contributed by atoms with Gasteiger partial charge < -0.3 is 9.64 Å². The highest BCUT2D eigenvalue weighted by atomic mass is 16.5. The molecule has 2 aromatic carbocycles. The lowest BCUT2D eigenvalue weighted by Crippen LogP contribution is -2.50. The van der Waals surface area contributed by atoms with E-state index in [9.17, 15) is 4.79 Å². The van der Waals surface area contributed by atoms with Crippen LogP contribution in [0.1, 0.15) is 37.0 Å². The monoisotopic (exact) mass is 352 g/mol. The summed E-state index contributed by atoms with van der Waals surface area (Å²) >= 11 is 0. The summed E-state index contributed by atoms with van der Waals surface area (Å²) in [6.45, 7) is 6.50. The first kappa shape index (κ1) is 18.5. The standard InChI is InChI=1S/C22H28N2O2/c1-17(2)24-14-8-10-19(16-24)23(3)22(25)18-9-7-13-21(15-18)26-20-11-5-4-6-12-20/h4-7,9,11-13,15,17,19H,8,10,14,16H2,1-3H3. The maximum absolute atomic E-state index is 13.0. The van der Waals surface area contributed by atoms with E-state index < -0.39 is 0 Å². The minimum atomic E-state index is 0.0547. The Kier molecular flexibility index (Phi) is 5.94. The lowest BCUT2D eigenvalue weighted by atomic mass is 10.0. The van der Waals surface area contributed by atoms with Crippen LogP contribution in [0.4, 0.5) is 0 Å². The average Bonchev–Trinajstić information content (AvgIpc) is 2.68. The van der Waals surface area contributed by atoms with Gasteiger partial charge in [-0.25, -0.2) is 0 Å². The number of likely N-dealkylation sites (N-methyl/N-ethyl adjacent to an activating group) is 1. The minimum Gasteiger partial charge on any atom is -0.457 e. The van der Waals surface area contributed by atoms with Crippen LogP contribution in [-0.2, 0) is 0 Å². The molecule has 1 heterocycles. The molecular weight excluding hydrogens is 324 g/mol. The maximum Gasteiger partial charge on any atom is 0.254 e. The summed E-state index contributed by atoms with van der Waals surface area (Å²) in [6, 6.07) is 17.9. The number of hydrogen-bond donors (Lipinski definition) is 0. The summed E-state index contributed by atoms with van der Waals surface area (Å²) in [5.41, 5.74) is 0.669. The number of carbonyl (C=O) groups excluding carboxylic acids is 1. The lowest BCUT2D eigenvalue weighted by Gasteiger charge is -2.39. The number of rotatable bonds is 5. The normalized spacial score (nSPS) is 17.9. The van der Waals surface area contributed by atoms with Crippen LogP contribution in [0.3, 0.4) is 0 Å². The molecule has 3 rings (SSSR count). The highest BCUT2D eigenvalue weighted by molar-refractivity contribution is 5.94. The van der Waals surface area contributed by atoms with Crippen molar-refractivity contribution in [2.45, 2.75) is 38.8 Å². The van der Waals surface area contributed by atoms with E-state index >= 15 is 0 Å². The summed E-state index contributed by atoms with van der Waals surface area (Å²) in [7, 11) is 1.92. The quantitative estimate of drug-likeness (QED) is 0.798. The van der Waals surface area contributed by atoms with E-state index in [2.05, 4.69) is 18.7 Å². The number of likely N-dealkylation sites (tertiary alicyclic amines) is 1. The fourth-order valence-electron chi connectivity index (χ4n) is 3.46. The zero-order chi connectivity index (χ0) is 18.5. The van der Waals surface area contributed by atoms with Crippen molar-refractivity contribution >= 4 is 5.91 Å². The lowest BCUT2D eigenvalue weighted by molar-refractivity contribution is 0.0575. The van der Waals surface area contributed by atoms with Crippen LogP contribution >= 0.6 is 0 Å². The van der Waals surface area contributed by atoms with E-state index in [-0.39, 0.29) is 11.9 Å². The molecule has 1 unspecified atom stereocenters. The zero-order valence-corrected chi connectivity index (χ0v) is 15.9. The van der Waals surface area contributed by atoms with E-state index in [4.69, 9.17) is 4.74 Å². The number of nitrogens with zero attached hydrogens (tertiary/aromatic N) is 2. The van der Waals surface area contributed by atoms with Gasteiger partial charge in [-0.05, 0) is 63.6 Å². The Morgan fingerprint density at radius 1 is 1.12 bits per heavy atom. The molecule has 1 aliphatic heterocycles. The molecule has 4 heteroatoms. The van der Waals surface area contributed by atoms with Crippen molar-refractivity contribution in [2.24, 2.45) is 0 Å². The van der Waals surface area contributed by atoms with Gasteiger partial charge in [0.25, 0.3) is 5.91 Å². The van der Waals surface area contributed by atoms with E-state index in [1.165, 1.54) is 0 Å². The molecule has 0 N–H and O–H groups in total. The van der Waals surface area contributed by atoms with E-state index in [1.54, 1.807) is 0 Å². The highest BCUT2D eigenvalue weighted by Crippen LogP contribution is 2.24. The van der Waals surface area contributed by atoms with Crippen LogP contribution in [0, 0.1) is 0 Å². The van der Waals surface area contributed by atoms with Crippen molar-refractivity contribution in [1.29, 1.82) is 0 Å². The summed E-state index contributed by atoms with van der Waals surface area (Å²) in [5, 5.41) is 0. The second kappa shape index (κ2) is 8.37. The fraction of sp³-hybridized carbons (Fsp3) is 0.409. The van der Waals surface area contributed by atoms with E-state index in [0.29, 0.717) is 17.4 Å². The number of hydrogen-bond acceptors (Lipinski definition) is 3. The summed E-state index contributed by atoms with van der Waals surface area (Å²) in [6.07, 6.45) is 2.20. The van der Waals surface area contributed by atoms with Gasteiger partial charge in [0.15, 0.2) is 0 Å². The van der Waals surface area contributed by atoms with Crippen LogP contribution in [0.5, 0.6) is 11.5 Å². The molecular formula is C22H28N2O2. The summed E-state index contributed by atoms with van der Waals surface area (Å²) < 4.78 is 5.86. The third-order valence-electron chi connectivity index (χ3n) is 5.09. The molecule has 0 aromatic heterocycles. The molecule has 1 saturated heterocycles. The van der Waals surface area contributed by atoms with Crippen LogP contribution in [0.2, 0.25) is 0 Å². The Labute approximate surface area is 156 Å². The van der Waals surface area contributed by atoms with Gasteiger partial charge in [0.05, 0.1) is 0 Å². The van der Waals surface area contributed by atoms with Gasteiger partial charge >= 0.3 is 0 Å². The molecule has 1 fully saturated rings. The summed E-state index contributed by atoms with van der Waals surface area (Å²) in [4.78, 5) is 17.3. The van der Waals surface area contributed by atoms with Crippen LogP contribution < -0.4 is 4.74 Å². The van der Waals surface area contributed by atoms with Crippen molar-refractivity contribution in [1.82, 2.24) is 9.80 Å². The molecule has 138 valence electrons. The van der Waals surface area contributed by atoms with Crippen molar-refractivity contribution < 1.29 is 9.53 Å². The predicted octanol–water partition coefficient (Wildman–Crippen LogP) is 4.42. The number of carbonyl (C=O) groups is 1. The van der Waals surface area contributed by atoms with Gasteiger partial charge in [0.2, 0.25) is 0 Å². The maximum atomic E-state index is 13.0. The second-order valence-corrected chi connectivity index (χ2v) is 7.24. The summed E-state index contributed by atoms with van der Waals surface area (Å²) in [5.74, 6) is 1.51. The second-order valence-electron chi connectivity index (χ2n) is 7.24. The molecule has 26 heavy (non-hydrogen) atoms. The first-order valence-corrected chi connectivity index (χ1v) is 9.39. The topological polar surface area (TPSA) is 32.8 Å². The Balaban J connectivity index is 1.70. The van der Waals surface area contributed by atoms with Gasteiger partial charge in [0, 0.05) is 31.2 Å². The van der Waals surface area contributed by atoms with Crippen molar-refractivity contribution in [3.8, 4) is 11.5 Å². The molecule has 0 bridgehead atoms. The third-order valence-corrected chi connectivity index (χ3v) is 5.09. The van der Waals surface area contributed by atoms with E-state index in [1.807, 2.05) is 66.5 Å². The van der Waals surface area contributed by atoms with Gasteiger partial charge in [-0.1, -0.05) is 24.3 Å². The smallest absolute Gasteiger partial charge is 0.254 e. The Morgan fingerprint density at radius 3 is 2.58 bits per heavy atom. The molecule has 1 atom stereocenters. The number of piperidine rings is 1. The molecule has 0 radical (unpaired) electrons. The van der Waals surface area contributed by atoms with Crippen LogP contribution in [0.25, 0.3) is 0 Å².